The van der Waals surface area contributed by atoms with Gasteiger partial charge in [-0.15, -0.1) is 0 Å². The van der Waals surface area contributed by atoms with Gasteiger partial charge in [0.25, 0.3) is 5.56 Å². The van der Waals surface area contributed by atoms with Crippen molar-refractivity contribution in [2.45, 2.75) is 46.2 Å². The van der Waals surface area contributed by atoms with Crippen molar-refractivity contribution in [1.82, 2.24) is 9.88 Å². The van der Waals surface area contributed by atoms with E-state index in [9.17, 15) is 4.79 Å². The van der Waals surface area contributed by atoms with Crippen LogP contribution in [0, 0.1) is 5.92 Å². The van der Waals surface area contributed by atoms with E-state index in [1.165, 1.54) is 12.8 Å². The lowest BCUT2D eigenvalue weighted by molar-refractivity contribution is 0.439. The zero-order valence-corrected chi connectivity index (χ0v) is 14.9. The summed E-state index contributed by atoms with van der Waals surface area (Å²) in [6.07, 6.45) is 4.23. The summed E-state index contributed by atoms with van der Waals surface area (Å²) < 4.78 is 3.22. The number of hydrogen-bond donors (Lipinski definition) is 1. The molecule has 0 fully saturated rings. The van der Waals surface area contributed by atoms with Gasteiger partial charge >= 0.3 is 0 Å². The summed E-state index contributed by atoms with van der Waals surface area (Å²) >= 11 is 6.67. The standard InChI is InChI=1S/C14H22Br2N2O/c1-10(2)4-5-11(3)17-6-7-18-9-12(15)8-13(16)14(18)19/h8-11,17H,4-7H2,1-3H3. The summed E-state index contributed by atoms with van der Waals surface area (Å²) in [6, 6.07) is 2.27. The molecule has 1 aromatic rings. The molecule has 0 aliphatic carbocycles. The van der Waals surface area contributed by atoms with Crippen LogP contribution in [0.3, 0.4) is 0 Å². The predicted molar refractivity (Wildman–Crippen MR) is 87.6 cm³/mol. The van der Waals surface area contributed by atoms with Crippen molar-refractivity contribution < 1.29 is 0 Å². The van der Waals surface area contributed by atoms with Gasteiger partial charge < -0.3 is 9.88 Å². The SMILES string of the molecule is CC(C)CCC(C)NCCn1cc(Br)cc(Br)c1=O. The highest BCUT2D eigenvalue weighted by Gasteiger charge is 2.05. The van der Waals surface area contributed by atoms with Gasteiger partial charge in [0.2, 0.25) is 0 Å². The molecule has 1 unspecified atom stereocenters. The molecule has 108 valence electrons. The maximum Gasteiger partial charge on any atom is 0.264 e. The number of nitrogens with one attached hydrogen (secondary N) is 1. The molecule has 0 amide bonds. The van der Waals surface area contributed by atoms with Crippen molar-refractivity contribution in [3.63, 3.8) is 0 Å². The van der Waals surface area contributed by atoms with Crippen molar-refractivity contribution >= 4 is 31.9 Å². The van der Waals surface area contributed by atoms with Gasteiger partial charge in [0.05, 0.1) is 4.47 Å². The van der Waals surface area contributed by atoms with Crippen LogP contribution in [0.4, 0.5) is 0 Å². The number of rotatable bonds is 7. The largest absolute Gasteiger partial charge is 0.312 e. The lowest BCUT2D eigenvalue weighted by atomic mass is 10.0. The average molecular weight is 394 g/mol. The molecule has 0 spiro atoms. The minimum Gasteiger partial charge on any atom is -0.312 e. The molecule has 0 aromatic carbocycles. The predicted octanol–water partition coefficient (Wildman–Crippen LogP) is 3.79. The van der Waals surface area contributed by atoms with Crippen molar-refractivity contribution in [3.8, 4) is 0 Å². The van der Waals surface area contributed by atoms with Crippen molar-refractivity contribution in [2.75, 3.05) is 6.54 Å². The summed E-state index contributed by atoms with van der Waals surface area (Å²) in [7, 11) is 0. The minimum atomic E-state index is 0.0137. The molecule has 1 heterocycles. The van der Waals surface area contributed by atoms with Crippen LogP contribution >= 0.6 is 31.9 Å². The zero-order valence-electron chi connectivity index (χ0n) is 11.7. The highest BCUT2D eigenvalue weighted by molar-refractivity contribution is 9.11. The van der Waals surface area contributed by atoms with E-state index in [2.05, 4.69) is 57.9 Å². The van der Waals surface area contributed by atoms with Crippen LogP contribution in [-0.4, -0.2) is 17.2 Å². The molecular formula is C14H22Br2N2O. The third kappa shape index (κ3) is 6.23. The Morgan fingerprint density at radius 2 is 1.95 bits per heavy atom. The van der Waals surface area contributed by atoms with Gasteiger partial charge in [-0.3, -0.25) is 4.79 Å². The van der Waals surface area contributed by atoms with Gasteiger partial charge in [-0.2, -0.15) is 0 Å². The van der Waals surface area contributed by atoms with Crippen LogP contribution in [0.1, 0.15) is 33.6 Å². The Kier molecular flexibility index (Phi) is 7.32. The van der Waals surface area contributed by atoms with Gasteiger partial charge in [-0.1, -0.05) is 13.8 Å². The van der Waals surface area contributed by atoms with Crippen LogP contribution in [0.25, 0.3) is 0 Å². The Morgan fingerprint density at radius 3 is 2.58 bits per heavy atom. The van der Waals surface area contributed by atoms with Crippen LogP contribution in [0.5, 0.6) is 0 Å². The first-order valence-electron chi connectivity index (χ1n) is 6.69. The van der Waals surface area contributed by atoms with E-state index in [0.717, 1.165) is 16.9 Å². The van der Waals surface area contributed by atoms with Crippen molar-refractivity contribution in [1.29, 1.82) is 0 Å². The molecule has 0 radical (unpaired) electrons. The van der Waals surface area contributed by atoms with Gasteiger partial charge in [0.1, 0.15) is 0 Å². The molecule has 1 N–H and O–H groups in total. The normalized spacial score (nSPS) is 12.9. The quantitative estimate of drug-likeness (QED) is 0.764. The third-order valence-corrected chi connectivity index (χ3v) is 4.03. The summed E-state index contributed by atoms with van der Waals surface area (Å²) in [5.41, 5.74) is 0.0137. The Labute approximate surface area is 132 Å². The van der Waals surface area contributed by atoms with Gasteiger partial charge in [-0.05, 0) is 63.6 Å². The Bertz CT molecular complexity index is 457. The number of aromatic nitrogens is 1. The molecule has 3 nitrogen and oxygen atoms in total. The third-order valence-electron chi connectivity index (χ3n) is 3.03. The zero-order chi connectivity index (χ0) is 14.4. The average Bonchev–Trinajstić information content (AvgIpc) is 2.32. The number of hydrogen-bond acceptors (Lipinski definition) is 2. The van der Waals surface area contributed by atoms with E-state index in [4.69, 9.17) is 0 Å². The first-order chi connectivity index (χ1) is 8.90. The van der Waals surface area contributed by atoms with E-state index < -0.39 is 0 Å². The van der Waals surface area contributed by atoms with Gasteiger partial charge in [0, 0.05) is 29.8 Å². The first kappa shape index (κ1) is 16.9. The first-order valence-corrected chi connectivity index (χ1v) is 8.27. The summed E-state index contributed by atoms with van der Waals surface area (Å²) in [5.74, 6) is 0.743. The fraction of sp³-hybridized carbons (Fsp3) is 0.643. The molecule has 5 heteroatoms. The fourth-order valence-electron chi connectivity index (χ4n) is 1.85. The highest BCUT2D eigenvalue weighted by Crippen LogP contribution is 2.12. The van der Waals surface area contributed by atoms with Gasteiger partial charge in [-0.25, -0.2) is 0 Å². The van der Waals surface area contributed by atoms with E-state index >= 15 is 0 Å². The Morgan fingerprint density at radius 1 is 1.26 bits per heavy atom. The second-order valence-electron chi connectivity index (χ2n) is 5.33. The van der Waals surface area contributed by atoms with Crippen LogP contribution < -0.4 is 10.9 Å². The monoisotopic (exact) mass is 392 g/mol. The molecule has 1 atom stereocenters. The number of pyridine rings is 1. The van der Waals surface area contributed by atoms with Crippen molar-refractivity contribution in [3.05, 3.63) is 31.6 Å². The lowest BCUT2D eigenvalue weighted by Gasteiger charge is -2.15. The summed E-state index contributed by atoms with van der Waals surface area (Å²) in [4.78, 5) is 11.9. The summed E-state index contributed by atoms with van der Waals surface area (Å²) in [5, 5.41) is 3.46. The molecule has 0 saturated heterocycles. The lowest BCUT2D eigenvalue weighted by Crippen LogP contribution is -2.32. The molecule has 0 aliphatic rings. The van der Waals surface area contributed by atoms with Crippen LogP contribution in [0.15, 0.2) is 26.0 Å². The molecular weight excluding hydrogens is 372 g/mol. The number of halogens is 2. The van der Waals surface area contributed by atoms with E-state index in [1.807, 2.05) is 6.20 Å². The smallest absolute Gasteiger partial charge is 0.264 e. The molecule has 19 heavy (non-hydrogen) atoms. The molecule has 1 rings (SSSR count). The second-order valence-corrected chi connectivity index (χ2v) is 7.10. The fourth-order valence-corrected chi connectivity index (χ4v) is 3.11. The maximum atomic E-state index is 11.9. The Balaban J connectivity index is 2.43. The topological polar surface area (TPSA) is 34.0 Å². The summed E-state index contributed by atoms with van der Waals surface area (Å²) in [6.45, 7) is 8.17. The Hall–Kier alpha value is -0.130. The van der Waals surface area contributed by atoms with E-state index in [-0.39, 0.29) is 5.56 Å². The number of nitrogens with zero attached hydrogens (tertiary/aromatic N) is 1. The molecule has 1 aromatic heterocycles. The van der Waals surface area contributed by atoms with E-state index in [0.29, 0.717) is 17.1 Å². The molecule has 0 bridgehead atoms. The minimum absolute atomic E-state index is 0.0137. The van der Waals surface area contributed by atoms with Gasteiger partial charge in [0.15, 0.2) is 0 Å². The maximum absolute atomic E-state index is 11.9. The second kappa shape index (κ2) is 8.22. The van der Waals surface area contributed by atoms with Crippen molar-refractivity contribution in [2.24, 2.45) is 5.92 Å². The highest BCUT2D eigenvalue weighted by atomic mass is 79.9. The van der Waals surface area contributed by atoms with E-state index in [1.54, 1.807) is 10.6 Å². The molecule has 0 aliphatic heterocycles. The van der Waals surface area contributed by atoms with Crippen LogP contribution in [-0.2, 0) is 6.54 Å². The van der Waals surface area contributed by atoms with Crippen LogP contribution in [0.2, 0.25) is 0 Å². The molecule has 0 saturated carbocycles.